The van der Waals surface area contributed by atoms with Crippen LogP contribution in [-0.2, 0) is 13.5 Å². The number of nitrogens with zero attached hydrogens (tertiary/aromatic N) is 4. The number of rotatable bonds is 0. The molecule has 1 aliphatic rings. The summed E-state index contributed by atoms with van der Waals surface area (Å²) >= 11 is 0. The molecule has 0 saturated heterocycles. The molecule has 20 heavy (non-hydrogen) atoms. The Bertz CT molecular complexity index is 1090. The normalized spacial score (nSPS) is 15.9. The van der Waals surface area contributed by atoms with Crippen molar-refractivity contribution in [2.24, 2.45) is 6.98 Å². The highest BCUT2D eigenvalue weighted by Gasteiger charge is 2.36. The molecule has 0 bridgehead atoms. The van der Waals surface area contributed by atoms with Crippen LogP contribution in [0.5, 0.6) is 0 Å². The van der Waals surface area contributed by atoms with E-state index in [0.29, 0.717) is 23.7 Å². The van der Waals surface area contributed by atoms with Gasteiger partial charge in [0.2, 0.25) is 0 Å². The zero-order chi connectivity index (χ0) is 15.8. The summed E-state index contributed by atoms with van der Waals surface area (Å²) in [4.78, 5) is 8.29. The van der Waals surface area contributed by atoms with Gasteiger partial charge in [-0.25, -0.2) is 0 Å². The quantitative estimate of drug-likeness (QED) is 0.403. The average molecular weight is 266 g/mol. The topological polar surface area (TPSA) is 47.7 Å². The first-order valence-corrected chi connectivity index (χ1v) is 6.30. The maximum absolute atomic E-state index is 7.85. The summed E-state index contributed by atoms with van der Waals surface area (Å²) in [6.07, 6.45) is 6.79. The van der Waals surface area contributed by atoms with Crippen molar-refractivity contribution in [1.29, 1.82) is 0 Å². The Hall–Kier alpha value is -2.69. The van der Waals surface area contributed by atoms with Crippen LogP contribution in [-0.4, -0.2) is 14.5 Å². The Morgan fingerprint density at radius 3 is 3.15 bits per heavy atom. The minimum absolute atomic E-state index is 0.352. The summed E-state index contributed by atoms with van der Waals surface area (Å²) in [5.41, 5.74) is 3.72. The smallest absolute Gasteiger partial charge is 0.380 e. The second-order valence-corrected chi connectivity index (χ2v) is 4.91. The zero-order valence-corrected chi connectivity index (χ0v) is 10.4. The van der Waals surface area contributed by atoms with Gasteiger partial charge >= 0.3 is 5.89 Å². The standard InChI is InChI=1S/C15H11N4O/c1-18-12-3-5-17-7-11(12)13-15(18)20-14-10-2-4-16-6-9(10)8-19(13)14/h2-7H,8H2,1H3/q+1/i1D3. The minimum Gasteiger partial charge on any atom is -0.380 e. The SMILES string of the molecule is [2H]C([2H])([2H])n1c2ccncc2c2c1oc1[n+]2Cc2cnccc2-1. The highest BCUT2D eigenvalue weighted by atomic mass is 16.4. The molecule has 0 amide bonds. The summed E-state index contributed by atoms with van der Waals surface area (Å²) in [5.74, 6) is 0.663. The summed E-state index contributed by atoms with van der Waals surface area (Å²) in [7, 11) is 0. The molecule has 0 fully saturated rings. The van der Waals surface area contributed by atoms with Crippen molar-refractivity contribution < 1.29 is 13.1 Å². The third-order valence-electron chi connectivity index (χ3n) is 3.87. The molecule has 1 aliphatic heterocycles. The highest BCUT2D eigenvalue weighted by molar-refractivity contribution is 6.01. The van der Waals surface area contributed by atoms with Crippen molar-refractivity contribution in [1.82, 2.24) is 14.5 Å². The summed E-state index contributed by atoms with van der Waals surface area (Å²) in [6.45, 7) is -1.71. The summed E-state index contributed by atoms with van der Waals surface area (Å²) in [5, 5.41) is 0.773. The van der Waals surface area contributed by atoms with Gasteiger partial charge in [0.25, 0.3) is 11.2 Å². The van der Waals surface area contributed by atoms with E-state index >= 15 is 0 Å². The van der Waals surface area contributed by atoms with Crippen LogP contribution in [0.25, 0.3) is 33.6 Å². The van der Waals surface area contributed by atoms with Gasteiger partial charge in [0.1, 0.15) is 0 Å². The van der Waals surface area contributed by atoms with Crippen LogP contribution in [0.4, 0.5) is 0 Å². The third-order valence-corrected chi connectivity index (χ3v) is 3.87. The van der Waals surface area contributed by atoms with Gasteiger partial charge in [-0.1, -0.05) is 0 Å². The lowest BCUT2D eigenvalue weighted by molar-refractivity contribution is -0.648. The van der Waals surface area contributed by atoms with Crippen LogP contribution < -0.4 is 4.57 Å². The van der Waals surface area contributed by atoms with Crippen molar-refractivity contribution >= 4 is 22.1 Å². The third kappa shape index (κ3) is 1.02. The van der Waals surface area contributed by atoms with E-state index in [2.05, 4.69) is 9.97 Å². The maximum atomic E-state index is 7.85. The summed E-state index contributed by atoms with van der Waals surface area (Å²) < 4.78 is 32.8. The lowest BCUT2D eigenvalue weighted by atomic mass is 10.2. The van der Waals surface area contributed by atoms with Gasteiger partial charge in [-0.2, -0.15) is 0 Å². The van der Waals surface area contributed by atoms with Gasteiger partial charge in [0.15, 0.2) is 6.54 Å². The fourth-order valence-corrected chi connectivity index (χ4v) is 2.98. The number of pyridine rings is 2. The molecule has 0 atom stereocenters. The van der Waals surface area contributed by atoms with Gasteiger partial charge in [-0.05, 0) is 12.1 Å². The van der Waals surface area contributed by atoms with E-state index in [9.17, 15) is 0 Å². The van der Waals surface area contributed by atoms with E-state index in [-0.39, 0.29) is 0 Å². The Kier molecular flexibility index (Phi) is 1.27. The number of fused-ring (bicyclic) bond motifs is 7. The zero-order valence-electron chi connectivity index (χ0n) is 13.4. The highest BCUT2D eigenvalue weighted by Crippen LogP contribution is 2.34. The maximum Gasteiger partial charge on any atom is 0.383 e. The molecule has 0 saturated carbocycles. The Morgan fingerprint density at radius 2 is 2.20 bits per heavy atom. The molecule has 0 aromatic carbocycles. The predicted molar refractivity (Wildman–Crippen MR) is 73.0 cm³/mol. The lowest BCUT2D eigenvalue weighted by Gasteiger charge is -1.93. The first-order valence-electron chi connectivity index (χ1n) is 7.80. The monoisotopic (exact) mass is 266 g/mol. The van der Waals surface area contributed by atoms with Crippen molar-refractivity contribution in [3.8, 4) is 11.5 Å². The molecule has 4 aromatic heterocycles. The molecular weight excluding hydrogens is 252 g/mol. The first kappa shape index (κ1) is 7.79. The molecule has 0 aliphatic carbocycles. The largest absolute Gasteiger partial charge is 0.383 e. The van der Waals surface area contributed by atoms with Crippen LogP contribution in [0.2, 0.25) is 0 Å². The van der Waals surface area contributed by atoms with Crippen LogP contribution in [0, 0.1) is 0 Å². The number of oxazole rings is 1. The van der Waals surface area contributed by atoms with Crippen LogP contribution >= 0.6 is 0 Å². The number of hydrogen-bond acceptors (Lipinski definition) is 3. The Morgan fingerprint density at radius 1 is 1.30 bits per heavy atom. The Labute approximate surface area is 118 Å². The van der Waals surface area contributed by atoms with Crippen LogP contribution in [0.1, 0.15) is 9.68 Å². The molecule has 5 heteroatoms. The molecule has 0 unspecified atom stereocenters. The molecule has 96 valence electrons. The van der Waals surface area contributed by atoms with Crippen molar-refractivity contribution in [3.63, 3.8) is 0 Å². The molecule has 5 heterocycles. The van der Waals surface area contributed by atoms with Crippen LogP contribution in [0.15, 0.2) is 41.3 Å². The van der Waals surface area contributed by atoms with Crippen molar-refractivity contribution in [3.05, 3.63) is 42.5 Å². The van der Waals surface area contributed by atoms with E-state index in [1.54, 1.807) is 24.7 Å². The first-order chi connectivity index (χ1) is 11.1. The molecule has 5 nitrogen and oxygen atoms in total. The predicted octanol–water partition coefficient (Wildman–Crippen LogP) is 2.03. The molecule has 0 N–H and O–H groups in total. The summed E-state index contributed by atoms with van der Waals surface area (Å²) in [6, 6.07) is 3.59. The van der Waals surface area contributed by atoms with Crippen molar-refractivity contribution in [2.75, 3.05) is 0 Å². The Balaban J connectivity index is 1.96. The second-order valence-electron chi connectivity index (χ2n) is 4.91. The number of hydrogen-bond donors (Lipinski definition) is 0. The average Bonchev–Trinajstić information content (AvgIpc) is 3.12. The van der Waals surface area contributed by atoms with E-state index in [4.69, 9.17) is 8.53 Å². The fraction of sp³-hybridized carbons (Fsp3) is 0.133. The van der Waals surface area contributed by atoms with E-state index in [1.807, 2.05) is 16.8 Å². The van der Waals surface area contributed by atoms with Gasteiger partial charge < -0.3 is 8.98 Å². The van der Waals surface area contributed by atoms with Crippen LogP contribution in [0.3, 0.4) is 0 Å². The molecule has 0 radical (unpaired) electrons. The van der Waals surface area contributed by atoms with E-state index < -0.39 is 6.98 Å². The lowest BCUT2D eigenvalue weighted by Crippen LogP contribution is -2.30. The molecule has 5 rings (SSSR count). The van der Waals surface area contributed by atoms with E-state index in [0.717, 1.165) is 22.0 Å². The molecule has 0 spiro atoms. The van der Waals surface area contributed by atoms with Gasteiger partial charge in [0, 0.05) is 35.9 Å². The second kappa shape index (κ2) is 3.25. The fourth-order valence-electron chi connectivity index (χ4n) is 2.98. The molecular formula is C15H11N4O+. The van der Waals surface area contributed by atoms with Crippen molar-refractivity contribution in [2.45, 2.75) is 6.54 Å². The van der Waals surface area contributed by atoms with E-state index in [1.165, 1.54) is 4.57 Å². The number of aryl methyl sites for hydroxylation is 1. The number of aromatic nitrogens is 4. The molecule has 4 aromatic rings. The van der Waals surface area contributed by atoms with Gasteiger partial charge in [-0.15, -0.1) is 4.57 Å². The minimum atomic E-state index is -2.32. The van der Waals surface area contributed by atoms with Gasteiger partial charge in [-0.3, -0.25) is 9.97 Å². The van der Waals surface area contributed by atoms with Gasteiger partial charge in [0.05, 0.1) is 22.0 Å².